The van der Waals surface area contributed by atoms with Crippen LogP contribution in [0.15, 0.2) is 18.3 Å². The van der Waals surface area contributed by atoms with E-state index in [2.05, 4.69) is 31.9 Å². The molecular formula is C12H11Cl5N6O2. The van der Waals surface area contributed by atoms with E-state index in [1.54, 1.807) is 12.3 Å². The molecule has 0 amide bonds. The molecule has 0 radical (unpaired) electrons. The third kappa shape index (κ3) is 6.53. The van der Waals surface area contributed by atoms with Gasteiger partial charge in [-0.3, -0.25) is 21.6 Å². The molecule has 0 aliphatic rings. The fourth-order valence-corrected chi connectivity index (χ4v) is 2.74. The number of aromatic amines is 1. The van der Waals surface area contributed by atoms with Crippen molar-refractivity contribution in [3.05, 3.63) is 49.5 Å². The van der Waals surface area contributed by atoms with Crippen molar-refractivity contribution in [2.45, 2.75) is 0 Å². The first-order valence-electron chi connectivity index (χ1n) is 5.87. The number of aldehydes is 1. The minimum absolute atomic E-state index is 0. The van der Waals surface area contributed by atoms with Crippen LogP contribution in [0, 0.1) is 0 Å². The maximum atomic E-state index is 10.3. The quantitative estimate of drug-likeness (QED) is 0.225. The van der Waals surface area contributed by atoms with Gasteiger partial charge < -0.3 is 5.48 Å². The van der Waals surface area contributed by atoms with Gasteiger partial charge in [-0.25, -0.2) is 9.97 Å². The number of nitrogens with zero attached hydrogens (tertiary/aromatic N) is 3. The molecule has 0 aromatic carbocycles. The molecular weight excluding hydrogens is 437 g/mol. The highest BCUT2D eigenvalue weighted by Crippen LogP contribution is 2.24. The summed E-state index contributed by atoms with van der Waals surface area (Å²) < 4.78 is 0. The summed E-state index contributed by atoms with van der Waals surface area (Å²) >= 11 is 28.0. The van der Waals surface area contributed by atoms with Crippen LogP contribution in [0.25, 0.3) is 10.9 Å². The lowest BCUT2D eigenvalue weighted by Crippen LogP contribution is -2.02. The molecule has 0 unspecified atom stereocenters. The predicted octanol–water partition coefficient (Wildman–Crippen LogP) is 3.11. The number of pyridine rings is 2. The lowest BCUT2D eigenvalue weighted by molar-refractivity contribution is 0.112. The van der Waals surface area contributed by atoms with E-state index in [4.69, 9.17) is 58.0 Å². The number of hydrogen-bond donors (Lipinski definition) is 3. The molecule has 0 atom stereocenters. The molecule has 0 aliphatic heterocycles. The molecule has 0 saturated carbocycles. The summed E-state index contributed by atoms with van der Waals surface area (Å²) in [6.45, 7) is 0. The number of H-pyrrole nitrogens is 1. The largest absolute Gasteiger partial charge is 0.412 e. The van der Waals surface area contributed by atoms with E-state index in [9.17, 15) is 4.79 Å². The number of hydrogen-bond acceptors (Lipinski definition) is 6. The Kier molecular flexibility index (Phi) is 10.8. The van der Waals surface area contributed by atoms with E-state index in [0.29, 0.717) is 16.6 Å². The van der Waals surface area contributed by atoms with Gasteiger partial charge in [0.05, 0.1) is 27.7 Å². The smallest absolute Gasteiger partial charge is 0.154 e. The Labute approximate surface area is 166 Å². The molecule has 136 valence electrons. The number of nitrogens with two attached hydrogens (primary N) is 2. The van der Waals surface area contributed by atoms with Crippen LogP contribution in [0.2, 0.25) is 25.6 Å². The van der Waals surface area contributed by atoms with Gasteiger partial charge in [0, 0.05) is 6.07 Å². The van der Waals surface area contributed by atoms with Crippen LogP contribution in [0.3, 0.4) is 0 Å². The first-order chi connectivity index (χ1) is 11.4. The van der Waals surface area contributed by atoms with E-state index >= 15 is 0 Å². The third-order valence-corrected chi connectivity index (χ3v) is 3.68. The molecule has 0 aliphatic carbocycles. The maximum absolute atomic E-state index is 10.3. The van der Waals surface area contributed by atoms with Crippen molar-refractivity contribution >= 4 is 75.2 Å². The number of rotatable bonds is 1. The summed E-state index contributed by atoms with van der Waals surface area (Å²) in [7, 11) is 0. The van der Waals surface area contributed by atoms with Crippen LogP contribution in [-0.4, -0.2) is 31.9 Å². The van der Waals surface area contributed by atoms with Crippen molar-refractivity contribution in [3.63, 3.8) is 0 Å². The number of halogens is 5. The minimum Gasteiger partial charge on any atom is -0.412 e. The summed E-state index contributed by atoms with van der Waals surface area (Å²) in [5, 5.41) is 8.48. The van der Waals surface area contributed by atoms with Gasteiger partial charge in [0.1, 0.15) is 20.6 Å². The molecule has 7 N–H and O–H groups in total. The summed E-state index contributed by atoms with van der Waals surface area (Å²) in [6, 6.07) is 3.04. The molecule has 3 rings (SSSR count). The maximum Gasteiger partial charge on any atom is 0.154 e. The summed E-state index contributed by atoms with van der Waals surface area (Å²) in [5.41, 5.74) is 0.965. The van der Waals surface area contributed by atoms with Gasteiger partial charge in [-0.15, -0.1) is 0 Å². The zero-order valence-electron chi connectivity index (χ0n) is 12.1. The molecule has 0 spiro atoms. The number of fused-ring (bicyclic) bond motifs is 1. The van der Waals surface area contributed by atoms with Gasteiger partial charge in [-0.1, -0.05) is 58.0 Å². The highest BCUT2D eigenvalue weighted by atomic mass is 35.5. The molecule has 0 saturated heterocycles. The number of carbonyl (C=O) groups is 1. The Balaban J connectivity index is 0.000000405. The van der Waals surface area contributed by atoms with E-state index in [1.165, 1.54) is 6.07 Å². The highest BCUT2D eigenvalue weighted by Gasteiger charge is 2.07. The minimum atomic E-state index is 0. The molecule has 3 aromatic heterocycles. The zero-order valence-corrected chi connectivity index (χ0v) is 15.9. The zero-order chi connectivity index (χ0) is 18.3. The van der Waals surface area contributed by atoms with Crippen LogP contribution in [0.1, 0.15) is 10.4 Å². The molecule has 8 nitrogen and oxygen atoms in total. The molecule has 3 heterocycles. The number of nitrogens with one attached hydrogen (secondary N) is 1. The Morgan fingerprint density at radius 2 is 1.52 bits per heavy atom. The SMILES string of the molecule is Clc1cc2[nH]ncc2c(Cl)n1.NN.O.O=Cc1c(Cl)cc(Cl)nc1Cl. The van der Waals surface area contributed by atoms with Gasteiger partial charge >= 0.3 is 0 Å². The van der Waals surface area contributed by atoms with Crippen molar-refractivity contribution < 1.29 is 10.3 Å². The third-order valence-electron chi connectivity index (χ3n) is 2.41. The monoisotopic (exact) mass is 446 g/mol. The Morgan fingerprint density at radius 3 is 2.08 bits per heavy atom. The molecule has 0 fully saturated rings. The van der Waals surface area contributed by atoms with Gasteiger partial charge in [-0.2, -0.15) is 5.10 Å². The average Bonchev–Trinajstić information content (AvgIpc) is 2.98. The van der Waals surface area contributed by atoms with Gasteiger partial charge in [0.15, 0.2) is 6.29 Å². The summed E-state index contributed by atoms with van der Waals surface area (Å²) in [4.78, 5) is 17.8. The van der Waals surface area contributed by atoms with Crippen molar-refractivity contribution in [2.24, 2.45) is 11.7 Å². The standard InChI is InChI=1S/C6H2Cl3NO.C6H3Cl2N3.H4N2.H2O/c7-4-1-5(8)10-6(9)3(4)2-11;7-5-1-4-3(2-9-11-4)6(8)10-5;1-2;/h1-2H;1-2H,(H,9,11);1-2H2;1H2. The lowest BCUT2D eigenvalue weighted by atomic mass is 10.3. The van der Waals surface area contributed by atoms with Crippen LogP contribution >= 0.6 is 58.0 Å². The van der Waals surface area contributed by atoms with Crippen molar-refractivity contribution in [1.29, 1.82) is 0 Å². The van der Waals surface area contributed by atoms with Crippen LogP contribution in [0.4, 0.5) is 0 Å². The fraction of sp³-hybridized carbons (Fsp3) is 0. The number of aromatic nitrogens is 4. The Morgan fingerprint density at radius 1 is 0.960 bits per heavy atom. The van der Waals surface area contributed by atoms with Gasteiger partial charge in [0.2, 0.25) is 0 Å². The van der Waals surface area contributed by atoms with Gasteiger partial charge in [-0.05, 0) is 6.07 Å². The molecule has 0 bridgehead atoms. The number of hydrazine groups is 1. The fourth-order valence-electron chi connectivity index (χ4n) is 1.45. The first-order valence-corrected chi connectivity index (χ1v) is 7.76. The topological polar surface area (TPSA) is 155 Å². The number of carbonyl (C=O) groups excluding carboxylic acids is 1. The van der Waals surface area contributed by atoms with E-state index in [1.807, 2.05) is 0 Å². The summed E-state index contributed by atoms with van der Waals surface area (Å²) in [6.07, 6.45) is 2.15. The van der Waals surface area contributed by atoms with Crippen molar-refractivity contribution in [2.75, 3.05) is 0 Å². The average molecular weight is 449 g/mol. The van der Waals surface area contributed by atoms with Crippen molar-refractivity contribution in [3.8, 4) is 0 Å². The van der Waals surface area contributed by atoms with Gasteiger partial charge in [0.25, 0.3) is 0 Å². The second kappa shape index (κ2) is 11.4. The predicted molar refractivity (Wildman–Crippen MR) is 101 cm³/mol. The second-order valence-electron chi connectivity index (χ2n) is 3.82. The van der Waals surface area contributed by atoms with Crippen LogP contribution in [0.5, 0.6) is 0 Å². The Hall–Kier alpha value is -1.23. The first kappa shape index (κ1) is 23.8. The Bertz CT molecular complexity index is 821. The van der Waals surface area contributed by atoms with Crippen LogP contribution in [-0.2, 0) is 0 Å². The molecule has 25 heavy (non-hydrogen) atoms. The van der Waals surface area contributed by atoms with E-state index < -0.39 is 0 Å². The normalized spacial score (nSPS) is 9.24. The molecule has 3 aromatic rings. The van der Waals surface area contributed by atoms with E-state index in [0.717, 1.165) is 10.9 Å². The van der Waals surface area contributed by atoms with Crippen molar-refractivity contribution in [1.82, 2.24) is 20.2 Å². The van der Waals surface area contributed by atoms with E-state index in [-0.39, 0.29) is 26.4 Å². The second-order valence-corrected chi connectivity index (χ2v) is 5.71. The lowest BCUT2D eigenvalue weighted by Gasteiger charge is -1.97. The van der Waals surface area contributed by atoms with Crippen LogP contribution < -0.4 is 11.7 Å². The highest BCUT2D eigenvalue weighted by molar-refractivity contribution is 6.39. The summed E-state index contributed by atoms with van der Waals surface area (Å²) in [5.74, 6) is 8.00. The molecule has 13 heteroatoms.